The maximum absolute atomic E-state index is 9.94. The first-order valence-electron chi connectivity index (χ1n) is 10.2. The molecule has 32 heavy (non-hydrogen) atoms. The first kappa shape index (κ1) is 22.3. The molecule has 0 saturated heterocycles. The molecule has 0 N–H and O–H groups in total. The van der Waals surface area contributed by atoms with Gasteiger partial charge in [-0.25, -0.2) is 9.97 Å². The molecule has 2 atom stereocenters. The zero-order chi connectivity index (χ0) is 22.7. The number of hydrogen-bond acceptors (Lipinski definition) is 4. The highest BCUT2D eigenvalue weighted by atomic mass is 35.5. The molecule has 4 rings (SSSR count). The maximum atomic E-state index is 9.94. The number of hydrogen-bond donors (Lipinski definition) is 0. The molecule has 162 valence electrons. The standard InChI is InChI=1S/C25H22Cl2N4O/c1-25(15-28)9-8-19(12-20(25)18-6-4-3-5-7-18)24(21-13-29-16-31(21)2)32-14-17-10-22(26)30-23(27)11-17/h3-8,10-13,16,24H,9,14H2,1-2H3. The Kier molecular flexibility index (Phi) is 6.48. The van der Waals surface area contributed by atoms with E-state index in [-0.39, 0.29) is 6.10 Å². The molecule has 0 bridgehead atoms. The van der Waals surface area contributed by atoms with Crippen LogP contribution in [0.25, 0.3) is 5.57 Å². The van der Waals surface area contributed by atoms with Crippen molar-refractivity contribution in [3.63, 3.8) is 0 Å². The number of pyridine rings is 1. The van der Waals surface area contributed by atoms with Gasteiger partial charge in [-0.05, 0) is 47.8 Å². The van der Waals surface area contributed by atoms with Gasteiger partial charge in [0.2, 0.25) is 0 Å². The number of halogens is 2. The molecule has 2 heterocycles. The summed E-state index contributed by atoms with van der Waals surface area (Å²) in [6, 6.07) is 16.0. The van der Waals surface area contributed by atoms with Gasteiger partial charge in [-0.3, -0.25) is 0 Å². The zero-order valence-electron chi connectivity index (χ0n) is 17.8. The highest BCUT2D eigenvalue weighted by molar-refractivity contribution is 6.32. The van der Waals surface area contributed by atoms with Crippen molar-refractivity contribution in [3.05, 3.63) is 99.8 Å². The fourth-order valence-corrected chi connectivity index (χ4v) is 4.38. The average Bonchev–Trinajstić information content (AvgIpc) is 3.20. The first-order chi connectivity index (χ1) is 15.4. The number of allylic oxidation sites excluding steroid dienone is 2. The molecule has 0 radical (unpaired) electrons. The van der Waals surface area contributed by atoms with Gasteiger partial charge in [0.25, 0.3) is 0 Å². The molecule has 0 amide bonds. The van der Waals surface area contributed by atoms with Crippen LogP contribution in [-0.4, -0.2) is 14.5 Å². The van der Waals surface area contributed by atoms with E-state index in [4.69, 9.17) is 27.9 Å². The van der Waals surface area contributed by atoms with Crippen molar-refractivity contribution in [3.8, 4) is 6.07 Å². The van der Waals surface area contributed by atoms with Gasteiger partial charge in [-0.1, -0.05) is 65.7 Å². The normalized spacial score (nSPS) is 19.1. The number of aromatic nitrogens is 3. The molecule has 7 heteroatoms. The lowest BCUT2D eigenvalue weighted by atomic mass is 9.72. The third-order valence-electron chi connectivity index (χ3n) is 5.65. The molecular formula is C25H22Cl2N4O. The number of aryl methyl sites for hydroxylation is 1. The van der Waals surface area contributed by atoms with Crippen LogP contribution in [0.1, 0.15) is 36.3 Å². The molecule has 0 saturated carbocycles. The van der Waals surface area contributed by atoms with Crippen LogP contribution < -0.4 is 0 Å². The summed E-state index contributed by atoms with van der Waals surface area (Å²) in [6.07, 6.45) is 7.91. The predicted octanol–water partition coefficient (Wildman–Crippen LogP) is 6.32. The smallest absolute Gasteiger partial charge is 0.131 e. The second kappa shape index (κ2) is 9.30. The van der Waals surface area contributed by atoms with Crippen LogP contribution in [0.15, 0.2) is 72.7 Å². The Morgan fingerprint density at radius 2 is 1.94 bits per heavy atom. The Bertz CT molecular complexity index is 1210. The molecule has 5 nitrogen and oxygen atoms in total. The fourth-order valence-electron chi connectivity index (χ4n) is 3.87. The topological polar surface area (TPSA) is 63.7 Å². The minimum atomic E-state index is -0.617. The van der Waals surface area contributed by atoms with E-state index in [9.17, 15) is 5.26 Å². The fraction of sp³-hybridized carbons (Fsp3) is 0.240. The molecule has 2 unspecified atom stereocenters. The summed E-state index contributed by atoms with van der Waals surface area (Å²) in [5, 5.41) is 10.6. The van der Waals surface area contributed by atoms with Gasteiger partial charge >= 0.3 is 0 Å². The van der Waals surface area contributed by atoms with E-state index in [0.29, 0.717) is 23.3 Å². The zero-order valence-corrected chi connectivity index (χ0v) is 19.3. The van der Waals surface area contributed by atoms with E-state index < -0.39 is 5.41 Å². The number of rotatable bonds is 6. The van der Waals surface area contributed by atoms with E-state index >= 15 is 0 Å². The lowest BCUT2D eigenvalue weighted by Crippen LogP contribution is -2.21. The average molecular weight is 465 g/mol. The highest BCUT2D eigenvalue weighted by Gasteiger charge is 2.34. The molecule has 0 aliphatic heterocycles. The number of ether oxygens (including phenoxy) is 1. The van der Waals surface area contributed by atoms with Crippen molar-refractivity contribution in [2.45, 2.75) is 26.1 Å². The van der Waals surface area contributed by atoms with Crippen LogP contribution in [0, 0.1) is 16.7 Å². The van der Waals surface area contributed by atoms with Gasteiger partial charge in [-0.2, -0.15) is 5.26 Å². The summed E-state index contributed by atoms with van der Waals surface area (Å²) < 4.78 is 8.32. The van der Waals surface area contributed by atoms with E-state index in [1.165, 1.54) is 0 Å². The van der Waals surface area contributed by atoms with E-state index in [1.54, 1.807) is 24.7 Å². The summed E-state index contributed by atoms with van der Waals surface area (Å²) in [4.78, 5) is 8.27. The van der Waals surface area contributed by atoms with Gasteiger partial charge < -0.3 is 9.30 Å². The van der Waals surface area contributed by atoms with Crippen LogP contribution in [-0.2, 0) is 18.4 Å². The van der Waals surface area contributed by atoms with Crippen molar-refractivity contribution in [1.29, 1.82) is 5.26 Å². The largest absolute Gasteiger partial charge is 0.363 e. The monoisotopic (exact) mass is 464 g/mol. The minimum Gasteiger partial charge on any atom is -0.363 e. The Morgan fingerprint density at radius 3 is 2.56 bits per heavy atom. The predicted molar refractivity (Wildman–Crippen MR) is 126 cm³/mol. The van der Waals surface area contributed by atoms with Gasteiger partial charge in [0.1, 0.15) is 16.4 Å². The Hall–Kier alpha value is -2.91. The number of imidazole rings is 1. The third kappa shape index (κ3) is 4.63. The molecule has 2 aromatic heterocycles. The van der Waals surface area contributed by atoms with Gasteiger partial charge in [0.15, 0.2) is 0 Å². The Labute approximate surface area is 197 Å². The molecular weight excluding hydrogens is 443 g/mol. The minimum absolute atomic E-state index is 0.291. The van der Waals surface area contributed by atoms with Crippen molar-refractivity contribution in [1.82, 2.24) is 14.5 Å². The summed E-state index contributed by atoms with van der Waals surface area (Å²) in [5.41, 5.74) is 4.10. The summed E-state index contributed by atoms with van der Waals surface area (Å²) in [6.45, 7) is 2.26. The van der Waals surface area contributed by atoms with Crippen LogP contribution in [0.3, 0.4) is 0 Å². The van der Waals surface area contributed by atoms with Crippen molar-refractivity contribution in [2.75, 3.05) is 0 Å². The number of nitrogens with zero attached hydrogens (tertiary/aromatic N) is 4. The van der Waals surface area contributed by atoms with Gasteiger partial charge in [-0.15, -0.1) is 0 Å². The molecule has 1 aliphatic rings. The molecule has 3 aromatic rings. The summed E-state index contributed by atoms with van der Waals surface area (Å²) in [7, 11) is 1.93. The van der Waals surface area contributed by atoms with E-state index in [2.05, 4.69) is 28.2 Å². The second-order valence-electron chi connectivity index (χ2n) is 8.02. The Balaban J connectivity index is 1.72. The number of nitriles is 1. The molecule has 1 aliphatic carbocycles. The van der Waals surface area contributed by atoms with E-state index in [0.717, 1.165) is 28.0 Å². The molecule has 0 spiro atoms. The molecule has 0 fully saturated rings. The summed E-state index contributed by atoms with van der Waals surface area (Å²) in [5.74, 6) is 0. The summed E-state index contributed by atoms with van der Waals surface area (Å²) >= 11 is 12.1. The third-order valence-corrected chi connectivity index (χ3v) is 6.03. The van der Waals surface area contributed by atoms with Crippen LogP contribution in [0.2, 0.25) is 10.3 Å². The van der Waals surface area contributed by atoms with Crippen molar-refractivity contribution in [2.24, 2.45) is 12.5 Å². The number of benzene rings is 1. The second-order valence-corrected chi connectivity index (χ2v) is 8.79. The Morgan fingerprint density at radius 1 is 1.22 bits per heavy atom. The van der Waals surface area contributed by atoms with E-state index in [1.807, 2.05) is 48.9 Å². The van der Waals surface area contributed by atoms with Crippen molar-refractivity contribution >= 4 is 28.8 Å². The highest BCUT2D eigenvalue weighted by Crippen LogP contribution is 2.44. The van der Waals surface area contributed by atoms with Crippen LogP contribution in [0.5, 0.6) is 0 Å². The van der Waals surface area contributed by atoms with Crippen LogP contribution in [0.4, 0.5) is 0 Å². The molecule has 1 aromatic carbocycles. The lowest BCUT2D eigenvalue weighted by molar-refractivity contribution is 0.0612. The SMILES string of the molecule is Cn1cncc1C(OCc1cc(Cl)nc(Cl)c1)C1=CCC(C)(C#N)C(c2ccccc2)=C1. The quantitative estimate of drug-likeness (QED) is 0.400. The van der Waals surface area contributed by atoms with Gasteiger partial charge in [0.05, 0.1) is 36.3 Å². The lowest BCUT2D eigenvalue weighted by Gasteiger charge is -2.31. The van der Waals surface area contributed by atoms with Gasteiger partial charge in [0, 0.05) is 7.05 Å². The first-order valence-corrected chi connectivity index (χ1v) is 10.9. The maximum Gasteiger partial charge on any atom is 0.131 e. The van der Waals surface area contributed by atoms with Crippen LogP contribution >= 0.6 is 23.2 Å². The van der Waals surface area contributed by atoms with Crippen molar-refractivity contribution < 1.29 is 4.74 Å².